The SMILES string of the molecule is O=C(O)/C=C/C(=C\c1ccnc(-c2cc(/C=C(\C=C\C(=O)O)C(=O)O)ccn2)c1)C(=O)O. The molecule has 10 nitrogen and oxygen atoms in total. The Balaban J connectivity index is 2.44. The Morgan fingerprint density at radius 2 is 1.00 bits per heavy atom. The van der Waals surface area contributed by atoms with Crippen molar-refractivity contribution in [2.45, 2.75) is 0 Å². The molecule has 0 aliphatic heterocycles. The van der Waals surface area contributed by atoms with Crippen LogP contribution in [0, 0.1) is 0 Å². The van der Waals surface area contributed by atoms with Crippen molar-refractivity contribution in [1.29, 1.82) is 0 Å². The third-order valence-electron chi connectivity index (χ3n) is 3.78. The van der Waals surface area contributed by atoms with E-state index in [0.717, 1.165) is 12.2 Å². The first-order chi connectivity index (χ1) is 15.2. The molecule has 162 valence electrons. The molecule has 0 aromatic carbocycles. The molecule has 2 heterocycles. The van der Waals surface area contributed by atoms with E-state index in [4.69, 9.17) is 10.2 Å². The van der Waals surface area contributed by atoms with Crippen LogP contribution in [-0.4, -0.2) is 54.3 Å². The summed E-state index contributed by atoms with van der Waals surface area (Å²) < 4.78 is 0. The van der Waals surface area contributed by atoms with Crippen molar-refractivity contribution in [1.82, 2.24) is 9.97 Å². The number of carboxylic acid groups (broad SMARTS) is 4. The first-order valence-corrected chi connectivity index (χ1v) is 8.80. The maximum absolute atomic E-state index is 11.3. The topological polar surface area (TPSA) is 175 Å². The molecule has 0 amide bonds. The minimum atomic E-state index is -1.32. The molecule has 0 unspecified atom stereocenters. The summed E-state index contributed by atoms with van der Waals surface area (Å²) in [6, 6.07) is 6.08. The number of carbonyl (C=O) groups is 4. The minimum Gasteiger partial charge on any atom is -0.478 e. The number of nitrogens with zero attached hydrogens (tertiary/aromatic N) is 2. The molecule has 2 aromatic rings. The molecule has 0 saturated heterocycles. The minimum absolute atomic E-state index is 0.259. The molecule has 4 N–H and O–H groups in total. The number of carboxylic acids is 4. The van der Waals surface area contributed by atoms with E-state index in [1.165, 1.54) is 48.8 Å². The highest BCUT2D eigenvalue weighted by Gasteiger charge is 2.08. The van der Waals surface area contributed by atoms with Crippen LogP contribution >= 0.6 is 0 Å². The molecule has 0 atom stereocenters. The largest absolute Gasteiger partial charge is 0.478 e. The summed E-state index contributed by atoms with van der Waals surface area (Å²) in [7, 11) is 0. The molecule has 0 aliphatic carbocycles. The summed E-state index contributed by atoms with van der Waals surface area (Å²) in [5, 5.41) is 35.9. The highest BCUT2D eigenvalue weighted by Crippen LogP contribution is 2.20. The van der Waals surface area contributed by atoms with Gasteiger partial charge in [0.15, 0.2) is 0 Å². The summed E-state index contributed by atoms with van der Waals surface area (Å²) in [6.07, 6.45) is 8.65. The van der Waals surface area contributed by atoms with Gasteiger partial charge in [0.05, 0.1) is 22.5 Å². The summed E-state index contributed by atoms with van der Waals surface area (Å²) >= 11 is 0. The molecule has 32 heavy (non-hydrogen) atoms. The molecule has 2 aromatic heterocycles. The maximum atomic E-state index is 11.3. The molecule has 0 fully saturated rings. The fourth-order valence-electron chi connectivity index (χ4n) is 2.40. The molecular formula is C22H16N2O8. The summed E-state index contributed by atoms with van der Waals surface area (Å²) in [5.41, 5.74) is 1.01. The lowest BCUT2D eigenvalue weighted by Crippen LogP contribution is -1.99. The zero-order chi connectivity index (χ0) is 23.7. The molecule has 0 spiro atoms. The first kappa shape index (κ1) is 23.4. The monoisotopic (exact) mass is 436 g/mol. The molecule has 10 heteroatoms. The summed E-state index contributed by atoms with van der Waals surface area (Å²) in [6.45, 7) is 0. The number of hydrogen-bond acceptors (Lipinski definition) is 6. The van der Waals surface area contributed by atoms with Gasteiger partial charge < -0.3 is 20.4 Å². The van der Waals surface area contributed by atoms with Crippen molar-refractivity contribution >= 4 is 36.0 Å². The van der Waals surface area contributed by atoms with Crippen molar-refractivity contribution in [2.24, 2.45) is 0 Å². The van der Waals surface area contributed by atoms with E-state index < -0.39 is 23.9 Å². The van der Waals surface area contributed by atoms with E-state index in [2.05, 4.69) is 9.97 Å². The quantitative estimate of drug-likeness (QED) is 0.337. The zero-order valence-corrected chi connectivity index (χ0v) is 16.2. The lowest BCUT2D eigenvalue weighted by Gasteiger charge is -2.04. The third-order valence-corrected chi connectivity index (χ3v) is 3.78. The zero-order valence-electron chi connectivity index (χ0n) is 16.2. The maximum Gasteiger partial charge on any atom is 0.335 e. The van der Waals surface area contributed by atoms with Crippen LogP contribution in [0.15, 0.2) is 72.1 Å². The Kier molecular flexibility index (Phi) is 7.89. The average Bonchev–Trinajstić information content (AvgIpc) is 2.73. The lowest BCUT2D eigenvalue weighted by atomic mass is 10.1. The predicted octanol–water partition coefficient (Wildman–Crippen LogP) is 2.36. The van der Waals surface area contributed by atoms with Crippen LogP contribution in [0.5, 0.6) is 0 Å². The van der Waals surface area contributed by atoms with E-state index in [9.17, 15) is 29.4 Å². The van der Waals surface area contributed by atoms with Crippen LogP contribution < -0.4 is 0 Å². The first-order valence-electron chi connectivity index (χ1n) is 8.80. The van der Waals surface area contributed by atoms with Crippen molar-refractivity contribution in [3.8, 4) is 11.4 Å². The van der Waals surface area contributed by atoms with Gasteiger partial charge in [-0.05, 0) is 59.7 Å². The smallest absolute Gasteiger partial charge is 0.335 e. The predicted molar refractivity (Wildman–Crippen MR) is 112 cm³/mol. The van der Waals surface area contributed by atoms with Gasteiger partial charge in [-0.2, -0.15) is 0 Å². The van der Waals surface area contributed by atoms with Crippen molar-refractivity contribution in [2.75, 3.05) is 0 Å². The summed E-state index contributed by atoms with van der Waals surface area (Å²) in [5.74, 6) is -5.22. The van der Waals surface area contributed by atoms with Gasteiger partial charge in [0.1, 0.15) is 0 Å². The number of pyridine rings is 2. The van der Waals surface area contributed by atoms with E-state index in [1.54, 1.807) is 0 Å². The molecule has 0 aliphatic rings. The van der Waals surface area contributed by atoms with Gasteiger partial charge in [-0.25, -0.2) is 19.2 Å². The van der Waals surface area contributed by atoms with E-state index >= 15 is 0 Å². The average molecular weight is 436 g/mol. The van der Waals surface area contributed by atoms with Crippen LogP contribution in [0.2, 0.25) is 0 Å². The van der Waals surface area contributed by atoms with Gasteiger partial charge in [-0.3, -0.25) is 9.97 Å². The molecule has 0 radical (unpaired) electrons. The Morgan fingerprint density at radius 3 is 1.31 bits per heavy atom. The molecule has 2 rings (SSSR count). The fraction of sp³-hybridized carbons (Fsp3) is 0. The Labute approximate surface area is 180 Å². The van der Waals surface area contributed by atoms with Crippen molar-refractivity contribution in [3.63, 3.8) is 0 Å². The highest BCUT2D eigenvalue weighted by molar-refractivity contribution is 5.98. The van der Waals surface area contributed by atoms with E-state index in [-0.39, 0.29) is 11.1 Å². The lowest BCUT2D eigenvalue weighted by molar-refractivity contribution is -0.133. The summed E-state index contributed by atoms with van der Waals surface area (Å²) in [4.78, 5) is 52.3. The molecule has 0 saturated carbocycles. The van der Waals surface area contributed by atoms with Gasteiger partial charge in [0, 0.05) is 24.5 Å². The Morgan fingerprint density at radius 1 is 0.625 bits per heavy atom. The van der Waals surface area contributed by atoms with Crippen LogP contribution in [0.25, 0.3) is 23.5 Å². The van der Waals surface area contributed by atoms with E-state index in [0.29, 0.717) is 34.7 Å². The van der Waals surface area contributed by atoms with Gasteiger partial charge in [-0.15, -0.1) is 0 Å². The van der Waals surface area contributed by atoms with Crippen LogP contribution in [-0.2, 0) is 19.2 Å². The van der Waals surface area contributed by atoms with Gasteiger partial charge in [-0.1, -0.05) is 0 Å². The third kappa shape index (κ3) is 7.19. The Hall–Kier alpha value is -4.86. The fourth-order valence-corrected chi connectivity index (χ4v) is 2.40. The number of aromatic nitrogens is 2. The second kappa shape index (κ2) is 10.8. The molecule has 0 bridgehead atoms. The Bertz CT molecular complexity index is 1100. The molecular weight excluding hydrogens is 420 g/mol. The van der Waals surface area contributed by atoms with Gasteiger partial charge in [0.25, 0.3) is 0 Å². The van der Waals surface area contributed by atoms with E-state index in [1.807, 2.05) is 0 Å². The number of aliphatic carboxylic acids is 4. The second-order valence-corrected chi connectivity index (χ2v) is 6.10. The standard InChI is InChI=1S/C22H16N2O8/c25-19(26)3-1-15(21(29)30)9-13-5-7-23-17(11-13)18-12-14(6-8-24-18)10-16(22(31)32)2-4-20(27)28/h1-12H,(H,25,26)(H,27,28)(H,29,30)(H,31,32)/b3-1+,4-2+,15-9+,16-10+. The van der Waals surface area contributed by atoms with Crippen LogP contribution in [0.4, 0.5) is 0 Å². The number of rotatable bonds is 9. The van der Waals surface area contributed by atoms with Crippen molar-refractivity contribution < 1.29 is 39.6 Å². The van der Waals surface area contributed by atoms with Crippen LogP contribution in [0.1, 0.15) is 11.1 Å². The number of hydrogen-bond donors (Lipinski definition) is 4. The van der Waals surface area contributed by atoms with Gasteiger partial charge in [0.2, 0.25) is 0 Å². The van der Waals surface area contributed by atoms with Crippen LogP contribution in [0.3, 0.4) is 0 Å². The van der Waals surface area contributed by atoms with Crippen molar-refractivity contribution in [3.05, 3.63) is 83.2 Å². The second-order valence-electron chi connectivity index (χ2n) is 6.10. The normalized spacial score (nSPS) is 12.2. The van der Waals surface area contributed by atoms with Gasteiger partial charge >= 0.3 is 23.9 Å². The highest BCUT2D eigenvalue weighted by atomic mass is 16.4.